The zero-order valence-corrected chi connectivity index (χ0v) is 15.4. The van der Waals surface area contributed by atoms with Gasteiger partial charge in [0.2, 0.25) is 5.91 Å². The van der Waals surface area contributed by atoms with Gasteiger partial charge in [0.25, 0.3) is 5.56 Å². The van der Waals surface area contributed by atoms with E-state index < -0.39 is 23.2 Å². The lowest BCUT2D eigenvalue weighted by Crippen LogP contribution is -2.39. The first-order chi connectivity index (χ1) is 13.3. The second-order valence-electron chi connectivity index (χ2n) is 5.98. The third-order valence-corrected chi connectivity index (χ3v) is 4.13. The fourth-order valence-corrected chi connectivity index (χ4v) is 2.67. The number of anilines is 1. The zero-order valence-electron chi connectivity index (χ0n) is 15.4. The number of ether oxygens (including phenoxy) is 1. The van der Waals surface area contributed by atoms with Gasteiger partial charge >= 0.3 is 11.7 Å². The Morgan fingerprint density at radius 2 is 1.79 bits per heavy atom. The minimum absolute atomic E-state index is 0.0929. The normalized spacial score (nSPS) is 10.7. The minimum atomic E-state index is -0.722. The number of methoxy groups -OCH3 is 1. The largest absolute Gasteiger partial charge is 0.497 e. The summed E-state index contributed by atoms with van der Waals surface area (Å²) in [6.07, 6.45) is 1.27. The van der Waals surface area contributed by atoms with Gasteiger partial charge in [-0.25, -0.2) is 14.6 Å². The highest BCUT2D eigenvalue weighted by Gasteiger charge is 2.17. The highest BCUT2D eigenvalue weighted by Crippen LogP contribution is 2.14. The molecule has 2 heterocycles. The Balaban J connectivity index is 1.73. The van der Waals surface area contributed by atoms with E-state index in [1.165, 1.54) is 36.7 Å². The van der Waals surface area contributed by atoms with Crippen LogP contribution in [0.3, 0.4) is 0 Å². The van der Waals surface area contributed by atoms with Crippen LogP contribution in [0.4, 0.5) is 10.5 Å². The van der Waals surface area contributed by atoms with E-state index in [2.05, 4.69) is 15.6 Å². The van der Waals surface area contributed by atoms with Crippen LogP contribution in [0.15, 0.2) is 40.2 Å². The third kappa shape index (κ3) is 3.49. The predicted molar refractivity (Wildman–Crippen MR) is 100 cm³/mol. The summed E-state index contributed by atoms with van der Waals surface area (Å²) in [4.78, 5) is 52.5. The number of aryl methyl sites for hydroxylation is 1. The number of urea groups is 1. The molecular weight excluding hydrogens is 368 g/mol. The highest BCUT2D eigenvalue weighted by atomic mass is 16.5. The molecule has 0 fully saturated rings. The zero-order chi connectivity index (χ0) is 20.4. The van der Waals surface area contributed by atoms with Gasteiger partial charge in [-0.05, 0) is 24.3 Å². The van der Waals surface area contributed by atoms with E-state index in [9.17, 15) is 19.2 Å². The molecule has 146 valence electrons. The van der Waals surface area contributed by atoms with Crippen LogP contribution in [0.5, 0.6) is 5.75 Å². The van der Waals surface area contributed by atoms with Crippen LogP contribution in [-0.4, -0.2) is 37.7 Å². The molecule has 1 aromatic carbocycles. The fraction of sp³-hybridized carbons (Fsp3) is 0.235. The molecule has 0 unspecified atom stereocenters. The van der Waals surface area contributed by atoms with Crippen LogP contribution < -0.4 is 26.6 Å². The number of carbonyl (C=O) groups excluding carboxylic acids is 2. The van der Waals surface area contributed by atoms with E-state index in [1.807, 2.05) is 0 Å². The van der Waals surface area contributed by atoms with Crippen molar-refractivity contribution in [1.82, 2.24) is 24.0 Å². The van der Waals surface area contributed by atoms with Crippen LogP contribution in [-0.2, 0) is 25.4 Å². The molecule has 0 aliphatic heterocycles. The van der Waals surface area contributed by atoms with Crippen molar-refractivity contribution in [3.63, 3.8) is 0 Å². The van der Waals surface area contributed by atoms with Crippen LogP contribution in [0.2, 0.25) is 0 Å². The Morgan fingerprint density at radius 3 is 2.43 bits per heavy atom. The molecule has 0 bridgehead atoms. The summed E-state index contributed by atoms with van der Waals surface area (Å²) < 4.78 is 8.45. The third-order valence-electron chi connectivity index (χ3n) is 4.13. The molecule has 0 saturated carbocycles. The average Bonchev–Trinajstić information content (AvgIpc) is 3.08. The molecule has 11 nitrogen and oxygen atoms in total. The molecule has 0 saturated heterocycles. The molecule has 3 amide bonds. The van der Waals surface area contributed by atoms with Crippen molar-refractivity contribution in [2.45, 2.75) is 6.54 Å². The molecule has 0 atom stereocenters. The summed E-state index contributed by atoms with van der Waals surface area (Å²) in [7, 11) is 4.34. The average molecular weight is 386 g/mol. The standard InChI is InChI=1S/C17H18N6O5/c1-21-14-13(15(25)22(2)17(21)27)23(9-18-14)8-12(24)20-16(26)19-10-4-6-11(28-3)7-5-10/h4-7,9H,8H2,1-3H3,(H2,19,20,24,26). The van der Waals surface area contributed by atoms with Crippen LogP contribution in [0.1, 0.15) is 0 Å². The van der Waals surface area contributed by atoms with Gasteiger partial charge in [-0.15, -0.1) is 0 Å². The Morgan fingerprint density at radius 1 is 1.11 bits per heavy atom. The van der Waals surface area contributed by atoms with Crippen LogP contribution in [0, 0.1) is 0 Å². The predicted octanol–water partition coefficient (Wildman–Crippen LogP) is -0.209. The van der Waals surface area contributed by atoms with Gasteiger partial charge in [0.15, 0.2) is 11.2 Å². The molecule has 3 rings (SSSR count). The number of rotatable bonds is 4. The Kier molecular flexibility index (Phi) is 4.98. The van der Waals surface area contributed by atoms with Crippen LogP contribution in [0.25, 0.3) is 11.2 Å². The van der Waals surface area contributed by atoms with E-state index in [-0.39, 0.29) is 17.7 Å². The Labute approximate surface area is 158 Å². The molecule has 11 heteroatoms. The Hall–Kier alpha value is -3.89. The lowest BCUT2D eigenvalue weighted by Gasteiger charge is -2.09. The smallest absolute Gasteiger partial charge is 0.332 e. The second kappa shape index (κ2) is 7.39. The molecule has 2 N–H and O–H groups in total. The maximum Gasteiger partial charge on any atom is 0.332 e. The van der Waals surface area contributed by atoms with E-state index in [4.69, 9.17) is 4.74 Å². The van der Waals surface area contributed by atoms with Gasteiger partial charge in [-0.1, -0.05) is 0 Å². The Bertz CT molecular complexity index is 1170. The SMILES string of the molecule is COc1ccc(NC(=O)NC(=O)Cn2cnc3c2c(=O)n(C)c(=O)n3C)cc1. The number of imidazole rings is 1. The molecule has 0 spiro atoms. The fourth-order valence-electron chi connectivity index (χ4n) is 2.67. The molecule has 0 aliphatic rings. The van der Waals surface area contributed by atoms with Crippen molar-refractivity contribution in [2.24, 2.45) is 14.1 Å². The highest BCUT2D eigenvalue weighted by molar-refractivity contribution is 6.01. The number of carbonyl (C=O) groups is 2. The van der Waals surface area contributed by atoms with Crippen molar-refractivity contribution in [2.75, 3.05) is 12.4 Å². The second-order valence-corrected chi connectivity index (χ2v) is 5.98. The quantitative estimate of drug-likeness (QED) is 0.638. The lowest BCUT2D eigenvalue weighted by molar-refractivity contribution is -0.120. The van der Waals surface area contributed by atoms with Gasteiger partial charge in [0.1, 0.15) is 12.3 Å². The number of hydrogen-bond donors (Lipinski definition) is 2. The number of fused-ring (bicyclic) bond motifs is 1. The number of aromatic nitrogens is 4. The number of imide groups is 1. The van der Waals surface area contributed by atoms with E-state index in [1.54, 1.807) is 24.3 Å². The summed E-state index contributed by atoms with van der Waals surface area (Å²) in [6.45, 7) is -0.319. The molecule has 3 aromatic rings. The van der Waals surface area contributed by atoms with E-state index in [0.29, 0.717) is 11.4 Å². The van der Waals surface area contributed by atoms with E-state index in [0.717, 1.165) is 4.57 Å². The number of nitrogens with zero attached hydrogens (tertiary/aromatic N) is 4. The summed E-state index contributed by atoms with van der Waals surface area (Å²) in [6, 6.07) is 5.84. The number of amides is 3. The summed E-state index contributed by atoms with van der Waals surface area (Å²) in [5, 5.41) is 4.69. The molecular formula is C17H18N6O5. The maximum absolute atomic E-state index is 12.3. The van der Waals surface area contributed by atoms with Gasteiger partial charge < -0.3 is 14.6 Å². The summed E-state index contributed by atoms with van der Waals surface area (Å²) in [5.74, 6) is -0.0220. The molecule has 0 aliphatic carbocycles. The molecule has 2 aromatic heterocycles. The molecule has 28 heavy (non-hydrogen) atoms. The maximum atomic E-state index is 12.3. The number of nitrogens with one attached hydrogen (secondary N) is 2. The minimum Gasteiger partial charge on any atom is -0.497 e. The van der Waals surface area contributed by atoms with Crippen molar-refractivity contribution in [3.8, 4) is 5.75 Å². The van der Waals surface area contributed by atoms with Crippen molar-refractivity contribution < 1.29 is 14.3 Å². The van der Waals surface area contributed by atoms with Gasteiger partial charge in [-0.2, -0.15) is 0 Å². The first-order valence-corrected chi connectivity index (χ1v) is 8.17. The summed E-state index contributed by atoms with van der Waals surface area (Å²) >= 11 is 0. The first-order valence-electron chi connectivity index (χ1n) is 8.17. The van der Waals surface area contributed by atoms with Crippen LogP contribution >= 0.6 is 0 Å². The summed E-state index contributed by atoms with van der Waals surface area (Å²) in [5.41, 5.74) is -0.376. The van der Waals surface area contributed by atoms with Crippen molar-refractivity contribution >= 4 is 28.8 Å². The van der Waals surface area contributed by atoms with E-state index >= 15 is 0 Å². The monoisotopic (exact) mass is 386 g/mol. The lowest BCUT2D eigenvalue weighted by atomic mass is 10.3. The number of benzene rings is 1. The van der Waals surface area contributed by atoms with Gasteiger partial charge in [0, 0.05) is 19.8 Å². The molecule has 0 radical (unpaired) electrons. The van der Waals surface area contributed by atoms with Crippen molar-refractivity contribution in [3.05, 3.63) is 51.4 Å². The van der Waals surface area contributed by atoms with Gasteiger partial charge in [-0.3, -0.25) is 24.0 Å². The topological polar surface area (TPSA) is 129 Å². The number of hydrogen-bond acceptors (Lipinski definition) is 6. The first kappa shape index (κ1) is 18.9. The van der Waals surface area contributed by atoms with Crippen molar-refractivity contribution in [1.29, 1.82) is 0 Å². The van der Waals surface area contributed by atoms with Gasteiger partial charge in [0.05, 0.1) is 13.4 Å².